The second kappa shape index (κ2) is 5.58. The predicted octanol–water partition coefficient (Wildman–Crippen LogP) is 3.66. The summed E-state index contributed by atoms with van der Waals surface area (Å²) in [6.07, 6.45) is 0. The highest BCUT2D eigenvalue weighted by molar-refractivity contribution is 6.70. The zero-order chi connectivity index (χ0) is 12.2. The normalized spacial score (nSPS) is 10.9. The minimum absolute atomic E-state index is 0.124. The van der Waals surface area contributed by atoms with Crippen molar-refractivity contribution in [3.8, 4) is 0 Å². The highest BCUT2D eigenvalue weighted by Crippen LogP contribution is 2.34. The van der Waals surface area contributed by atoms with Crippen LogP contribution < -0.4 is 0 Å². The topological polar surface area (TPSA) is 26.3 Å². The van der Waals surface area contributed by atoms with Gasteiger partial charge >= 0.3 is 5.97 Å². The molecule has 0 unspecified atom stereocenters. The third kappa shape index (κ3) is 4.05. The van der Waals surface area contributed by atoms with Crippen molar-refractivity contribution in [2.45, 2.75) is 10.4 Å². The molecule has 0 N–H and O–H groups in total. The molecule has 0 saturated heterocycles. The lowest BCUT2D eigenvalue weighted by Gasteiger charge is -2.13. The Morgan fingerprint density at radius 3 is 2.31 bits per heavy atom. The Morgan fingerprint density at radius 1 is 1.25 bits per heavy atom. The van der Waals surface area contributed by atoms with Gasteiger partial charge in [-0.15, -0.1) is 0 Å². The summed E-state index contributed by atoms with van der Waals surface area (Å²) in [6, 6.07) is 9.20. The summed E-state index contributed by atoms with van der Waals surface area (Å²) < 4.78 is 3.10. The van der Waals surface area contributed by atoms with E-state index in [1.165, 1.54) is 0 Å². The number of carbonyl (C=O) groups is 1. The van der Waals surface area contributed by atoms with Crippen molar-refractivity contribution in [3.05, 3.63) is 48.0 Å². The lowest BCUT2D eigenvalue weighted by Crippen LogP contribution is -2.18. The summed E-state index contributed by atoms with van der Waals surface area (Å²) >= 11 is 16.5. The van der Waals surface area contributed by atoms with Gasteiger partial charge in [0.2, 0.25) is 3.79 Å². The lowest BCUT2D eigenvalue weighted by molar-refractivity contribution is -0.140. The molecule has 1 rings (SSSR count). The van der Waals surface area contributed by atoms with Crippen molar-refractivity contribution >= 4 is 40.8 Å². The zero-order valence-electron chi connectivity index (χ0n) is 8.25. The third-order valence-corrected chi connectivity index (χ3v) is 2.49. The molecule has 0 spiro atoms. The molecule has 0 aliphatic carbocycles. The fourth-order valence-electron chi connectivity index (χ4n) is 0.926. The van der Waals surface area contributed by atoms with E-state index in [4.69, 9.17) is 39.5 Å². The van der Waals surface area contributed by atoms with E-state index in [2.05, 4.69) is 6.58 Å². The minimum Gasteiger partial charge on any atom is -0.457 e. The highest BCUT2D eigenvalue weighted by atomic mass is 35.6. The van der Waals surface area contributed by atoms with Crippen molar-refractivity contribution in [2.24, 2.45) is 0 Å². The van der Waals surface area contributed by atoms with Gasteiger partial charge in [-0.1, -0.05) is 71.7 Å². The Balaban J connectivity index is 2.51. The van der Waals surface area contributed by atoms with Crippen molar-refractivity contribution in [1.82, 2.24) is 0 Å². The van der Waals surface area contributed by atoms with Crippen LogP contribution in [0.3, 0.4) is 0 Å². The number of carbonyl (C=O) groups excluding carboxylic acids is 1. The van der Waals surface area contributed by atoms with Gasteiger partial charge in [-0.25, -0.2) is 4.79 Å². The largest absolute Gasteiger partial charge is 0.457 e. The van der Waals surface area contributed by atoms with E-state index in [1.807, 2.05) is 30.3 Å². The van der Waals surface area contributed by atoms with Crippen molar-refractivity contribution in [2.75, 3.05) is 0 Å². The van der Waals surface area contributed by atoms with E-state index in [-0.39, 0.29) is 12.2 Å². The fraction of sp³-hybridized carbons (Fsp3) is 0.182. The Hall–Kier alpha value is -0.700. The number of hydrogen-bond acceptors (Lipinski definition) is 2. The summed E-state index contributed by atoms with van der Waals surface area (Å²) in [5.41, 5.74) is 0.654. The van der Waals surface area contributed by atoms with Crippen LogP contribution in [0.4, 0.5) is 0 Å². The third-order valence-electron chi connectivity index (χ3n) is 1.80. The molecule has 0 saturated carbocycles. The minimum atomic E-state index is -1.83. The molecule has 86 valence electrons. The Kier molecular flexibility index (Phi) is 4.66. The number of alkyl halides is 3. The Morgan fingerprint density at radius 2 is 1.81 bits per heavy atom. The van der Waals surface area contributed by atoms with Gasteiger partial charge in [0.25, 0.3) is 0 Å². The molecule has 0 bridgehead atoms. The molecule has 0 amide bonds. The number of rotatable bonds is 3. The molecular weight excluding hydrogens is 270 g/mol. The van der Waals surface area contributed by atoms with E-state index < -0.39 is 9.76 Å². The number of benzene rings is 1. The smallest absolute Gasteiger partial charge is 0.338 e. The van der Waals surface area contributed by atoms with Gasteiger partial charge in [-0.2, -0.15) is 0 Å². The van der Waals surface area contributed by atoms with Crippen LogP contribution in [0.2, 0.25) is 0 Å². The molecule has 5 heteroatoms. The first kappa shape index (κ1) is 13.4. The van der Waals surface area contributed by atoms with Crippen LogP contribution in [0.1, 0.15) is 5.56 Å². The predicted molar refractivity (Wildman–Crippen MR) is 65.7 cm³/mol. The molecule has 0 heterocycles. The summed E-state index contributed by atoms with van der Waals surface area (Å²) in [5.74, 6) is -0.719. The second-order valence-corrected chi connectivity index (χ2v) is 5.32. The molecule has 0 aliphatic heterocycles. The van der Waals surface area contributed by atoms with E-state index in [0.29, 0.717) is 0 Å². The maximum absolute atomic E-state index is 11.4. The monoisotopic (exact) mass is 278 g/mol. The summed E-state index contributed by atoms with van der Waals surface area (Å²) in [5, 5.41) is 0. The van der Waals surface area contributed by atoms with E-state index in [1.54, 1.807) is 0 Å². The summed E-state index contributed by atoms with van der Waals surface area (Å²) in [7, 11) is 0. The fourth-order valence-corrected chi connectivity index (χ4v) is 1.16. The molecule has 0 radical (unpaired) electrons. The molecule has 16 heavy (non-hydrogen) atoms. The van der Waals surface area contributed by atoms with E-state index >= 15 is 0 Å². The van der Waals surface area contributed by atoms with Crippen LogP contribution in [0.5, 0.6) is 0 Å². The first-order valence-corrected chi connectivity index (χ1v) is 5.52. The average Bonchev–Trinajstić information content (AvgIpc) is 2.25. The van der Waals surface area contributed by atoms with Gasteiger partial charge in [0, 0.05) is 0 Å². The van der Waals surface area contributed by atoms with Crippen molar-refractivity contribution < 1.29 is 9.53 Å². The SMILES string of the molecule is C=C(C(=O)OCc1ccccc1)C(Cl)(Cl)Cl. The highest BCUT2D eigenvalue weighted by Gasteiger charge is 2.30. The van der Waals surface area contributed by atoms with E-state index in [9.17, 15) is 4.79 Å². The summed E-state index contributed by atoms with van der Waals surface area (Å²) in [6.45, 7) is 3.49. The second-order valence-electron chi connectivity index (χ2n) is 3.04. The molecule has 1 aromatic rings. The average molecular weight is 280 g/mol. The Labute approximate surface area is 109 Å². The first-order chi connectivity index (χ1) is 7.41. The van der Waals surface area contributed by atoms with Crippen LogP contribution in [0, 0.1) is 0 Å². The molecule has 0 aliphatic rings. The van der Waals surface area contributed by atoms with Crippen molar-refractivity contribution in [1.29, 1.82) is 0 Å². The molecule has 0 aromatic heterocycles. The van der Waals surface area contributed by atoms with Crippen LogP contribution in [-0.2, 0) is 16.1 Å². The maximum atomic E-state index is 11.4. The van der Waals surface area contributed by atoms with Gasteiger partial charge in [-0.05, 0) is 5.56 Å². The molecule has 0 fully saturated rings. The first-order valence-electron chi connectivity index (χ1n) is 4.38. The lowest BCUT2D eigenvalue weighted by atomic mass is 10.2. The number of esters is 1. The van der Waals surface area contributed by atoms with Crippen LogP contribution in [0.25, 0.3) is 0 Å². The van der Waals surface area contributed by atoms with Gasteiger partial charge in [0.05, 0.1) is 5.57 Å². The molecule has 1 aromatic carbocycles. The van der Waals surface area contributed by atoms with Gasteiger partial charge in [-0.3, -0.25) is 0 Å². The van der Waals surface area contributed by atoms with Gasteiger partial charge < -0.3 is 4.74 Å². The van der Waals surface area contributed by atoms with Crippen LogP contribution in [-0.4, -0.2) is 9.76 Å². The van der Waals surface area contributed by atoms with Gasteiger partial charge in [0.15, 0.2) is 0 Å². The van der Waals surface area contributed by atoms with E-state index in [0.717, 1.165) is 5.56 Å². The van der Waals surface area contributed by atoms with Crippen LogP contribution in [0.15, 0.2) is 42.5 Å². The quantitative estimate of drug-likeness (QED) is 0.479. The number of halogens is 3. The number of hydrogen-bond donors (Lipinski definition) is 0. The Bertz CT molecular complexity index is 382. The number of ether oxygens (including phenoxy) is 1. The maximum Gasteiger partial charge on any atom is 0.338 e. The van der Waals surface area contributed by atoms with Crippen molar-refractivity contribution in [3.63, 3.8) is 0 Å². The van der Waals surface area contributed by atoms with Gasteiger partial charge in [0.1, 0.15) is 6.61 Å². The molecule has 0 atom stereocenters. The standard InChI is InChI=1S/C11H9Cl3O2/c1-8(11(12,13)14)10(15)16-7-9-5-3-2-4-6-9/h2-6H,1,7H2. The molecular formula is C11H9Cl3O2. The zero-order valence-corrected chi connectivity index (χ0v) is 10.5. The molecule has 2 nitrogen and oxygen atoms in total. The van der Waals surface area contributed by atoms with Crippen LogP contribution >= 0.6 is 34.8 Å². The summed E-state index contributed by atoms with van der Waals surface area (Å²) in [4.78, 5) is 11.4.